The van der Waals surface area contributed by atoms with Crippen molar-refractivity contribution in [3.8, 4) is 5.75 Å². The van der Waals surface area contributed by atoms with Crippen LogP contribution in [0, 0.1) is 12.7 Å². The van der Waals surface area contributed by atoms with E-state index >= 15 is 0 Å². The largest absolute Gasteiger partial charge is 0.481 e. The third-order valence-corrected chi connectivity index (χ3v) is 3.09. The van der Waals surface area contributed by atoms with E-state index < -0.39 is 11.9 Å². The Balaban J connectivity index is 2.05. The second-order valence-corrected chi connectivity index (χ2v) is 4.80. The zero-order chi connectivity index (χ0) is 15.2. The number of para-hydroxylation sites is 1. The smallest absolute Gasteiger partial charge is 0.265 e. The van der Waals surface area contributed by atoms with Crippen LogP contribution >= 0.6 is 0 Å². The van der Waals surface area contributed by atoms with Crippen LogP contribution < -0.4 is 10.1 Å². The van der Waals surface area contributed by atoms with Crippen LogP contribution in [-0.4, -0.2) is 12.0 Å². The molecule has 21 heavy (non-hydrogen) atoms. The van der Waals surface area contributed by atoms with E-state index in [2.05, 4.69) is 5.32 Å². The number of nitrogens with one attached hydrogen (secondary N) is 1. The number of amides is 1. The van der Waals surface area contributed by atoms with Crippen LogP contribution in [0.2, 0.25) is 0 Å². The molecule has 0 fully saturated rings. The van der Waals surface area contributed by atoms with Gasteiger partial charge in [-0.25, -0.2) is 4.39 Å². The first-order valence-corrected chi connectivity index (χ1v) is 6.89. The van der Waals surface area contributed by atoms with Crippen LogP contribution in [0.5, 0.6) is 5.75 Å². The van der Waals surface area contributed by atoms with Gasteiger partial charge >= 0.3 is 0 Å². The summed E-state index contributed by atoms with van der Waals surface area (Å²) in [7, 11) is 0. The van der Waals surface area contributed by atoms with Gasteiger partial charge in [0.15, 0.2) is 6.10 Å². The Hall–Kier alpha value is -2.36. The van der Waals surface area contributed by atoms with Gasteiger partial charge in [-0.3, -0.25) is 4.79 Å². The number of rotatable bonds is 5. The topological polar surface area (TPSA) is 38.3 Å². The summed E-state index contributed by atoms with van der Waals surface area (Å²) in [6, 6.07) is 13.5. The van der Waals surface area contributed by atoms with Gasteiger partial charge in [-0.2, -0.15) is 0 Å². The SMILES string of the molecule is CC[C@@H](Oc1ccc(C)cc1)C(=O)Nc1ccccc1F. The number of carbonyl (C=O) groups excluding carboxylic acids is 1. The predicted octanol–water partition coefficient (Wildman–Crippen LogP) is 3.93. The number of halogens is 1. The zero-order valence-electron chi connectivity index (χ0n) is 12.1. The van der Waals surface area contributed by atoms with Crippen molar-refractivity contribution >= 4 is 11.6 Å². The molecule has 4 heteroatoms. The van der Waals surface area contributed by atoms with Gasteiger partial charge in [-0.1, -0.05) is 36.8 Å². The van der Waals surface area contributed by atoms with Crippen molar-refractivity contribution in [1.82, 2.24) is 0 Å². The minimum Gasteiger partial charge on any atom is -0.481 e. The van der Waals surface area contributed by atoms with Crippen LogP contribution in [0.1, 0.15) is 18.9 Å². The van der Waals surface area contributed by atoms with E-state index in [9.17, 15) is 9.18 Å². The molecule has 0 saturated heterocycles. The third-order valence-electron chi connectivity index (χ3n) is 3.09. The van der Waals surface area contributed by atoms with Crippen LogP contribution in [0.4, 0.5) is 10.1 Å². The van der Waals surface area contributed by atoms with Crippen LogP contribution in [0.15, 0.2) is 48.5 Å². The van der Waals surface area contributed by atoms with Gasteiger partial charge in [-0.15, -0.1) is 0 Å². The Kier molecular flexibility index (Phi) is 4.93. The lowest BCUT2D eigenvalue weighted by Gasteiger charge is -2.17. The molecule has 0 aliphatic carbocycles. The van der Waals surface area contributed by atoms with Crippen molar-refractivity contribution in [1.29, 1.82) is 0 Å². The Morgan fingerprint density at radius 3 is 2.48 bits per heavy atom. The number of hydrogen-bond donors (Lipinski definition) is 1. The van der Waals surface area contributed by atoms with Crippen molar-refractivity contribution in [2.45, 2.75) is 26.4 Å². The second-order valence-electron chi connectivity index (χ2n) is 4.80. The fourth-order valence-electron chi connectivity index (χ4n) is 1.88. The highest BCUT2D eigenvalue weighted by Gasteiger charge is 2.19. The first-order chi connectivity index (χ1) is 10.1. The number of aryl methyl sites for hydroxylation is 1. The highest BCUT2D eigenvalue weighted by molar-refractivity contribution is 5.94. The molecule has 0 spiro atoms. The lowest BCUT2D eigenvalue weighted by atomic mass is 10.2. The fourth-order valence-corrected chi connectivity index (χ4v) is 1.88. The van der Waals surface area contributed by atoms with Gasteiger partial charge in [0.05, 0.1) is 5.69 Å². The lowest BCUT2D eigenvalue weighted by Crippen LogP contribution is -2.32. The van der Waals surface area contributed by atoms with Gasteiger partial charge in [0.25, 0.3) is 5.91 Å². The van der Waals surface area contributed by atoms with Gasteiger partial charge in [0, 0.05) is 0 Å². The third kappa shape index (κ3) is 4.05. The molecule has 2 rings (SSSR count). The van der Waals surface area contributed by atoms with E-state index in [0.29, 0.717) is 12.2 Å². The quantitative estimate of drug-likeness (QED) is 0.905. The standard InChI is InChI=1S/C17H18FNO2/c1-3-16(21-13-10-8-12(2)9-11-13)17(20)19-15-7-5-4-6-14(15)18/h4-11,16H,3H2,1-2H3,(H,19,20)/t16-/m1/s1. The Morgan fingerprint density at radius 2 is 1.86 bits per heavy atom. The molecule has 1 atom stereocenters. The van der Waals surface area contributed by atoms with Crippen molar-refractivity contribution < 1.29 is 13.9 Å². The average molecular weight is 287 g/mol. The van der Waals surface area contributed by atoms with E-state index in [1.54, 1.807) is 12.1 Å². The van der Waals surface area contributed by atoms with Gasteiger partial charge in [0.1, 0.15) is 11.6 Å². The normalized spacial score (nSPS) is 11.8. The number of benzene rings is 2. The highest BCUT2D eigenvalue weighted by Crippen LogP contribution is 2.17. The predicted molar refractivity (Wildman–Crippen MR) is 80.9 cm³/mol. The van der Waals surface area contributed by atoms with E-state index in [1.807, 2.05) is 38.1 Å². The first-order valence-electron chi connectivity index (χ1n) is 6.89. The van der Waals surface area contributed by atoms with E-state index in [4.69, 9.17) is 4.74 Å². The summed E-state index contributed by atoms with van der Waals surface area (Å²) >= 11 is 0. The van der Waals surface area contributed by atoms with Gasteiger partial charge in [-0.05, 0) is 37.6 Å². The van der Waals surface area contributed by atoms with Crippen molar-refractivity contribution in [3.63, 3.8) is 0 Å². The number of hydrogen-bond acceptors (Lipinski definition) is 2. The minimum atomic E-state index is -0.660. The molecule has 110 valence electrons. The second kappa shape index (κ2) is 6.88. The van der Waals surface area contributed by atoms with Crippen molar-refractivity contribution in [2.24, 2.45) is 0 Å². The maximum absolute atomic E-state index is 13.5. The Morgan fingerprint density at radius 1 is 1.19 bits per heavy atom. The summed E-state index contributed by atoms with van der Waals surface area (Å²) in [5.41, 5.74) is 1.28. The summed E-state index contributed by atoms with van der Waals surface area (Å²) in [4.78, 5) is 12.2. The summed E-state index contributed by atoms with van der Waals surface area (Å²) in [5, 5.41) is 2.55. The summed E-state index contributed by atoms with van der Waals surface area (Å²) in [5.74, 6) is -0.199. The summed E-state index contributed by atoms with van der Waals surface area (Å²) < 4.78 is 19.2. The Labute approximate surface area is 123 Å². The zero-order valence-corrected chi connectivity index (χ0v) is 12.1. The molecule has 0 aliphatic rings. The molecule has 0 radical (unpaired) electrons. The molecule has 2 aromatic rings. The number of carbonyl (C=O) groups is 1. The van der Waals surface area contributed by atoms with Gasteiger partial charge < -0.3 is 10.1 Å². The maximum Gasteiger partial charge on any atom is 0.265 e. The minimum absolute atomic E-state index is 0.161. The lowest BCUT2D eigenvalue weighted by molar-refractivity contribution is -0.122. The molecule has 3 nitrogen and oxygen atoms in total. The van der Waals surface area contributed by atoms with E-state index in [-0.39, 0.29) is 11.6 Å². The first kappa shape index (κ1) is 15.0. The van der Waals surface area contributed by atoms with Crippen LogP contribution in [0.3, 0.4) is 0 Å². The molecular formula is C17H18FNO2. The summed E-state index contributed by atoms with van der Waals surface area (Å²) in [6.07, 6.45) is -0.166. The monoisotopic (exact) mass is 287 g/mol. The maximum atomic E-state index is 13.5. The number of anilines is 1. The van der Waals surface area contributed by atoms with E-state index in [0.717, 1.165) is 5.56 Å². The molecule has 0 heterocycles. The average Bonchev–Trinajstić information content (AvgIpc) is 2.49. The molecule has 1 N–H and O–H groups in total. The highest BCUT2D eigenvalue weighted by atomic mass is 19.1. The molecule has 0 aromatic heterocycles. The molecule has 1 amide bonds. The van der Waals surface area contributed by atoms with Crippen LogP contribution in [-0.2, 0) is 4.79 Å². The molecule has 0 unspecified atom stereocenters. The number of ether oxygens (including phenoxy) is 1. The van der Waals surface area contributed by atoms with E-state index in [1.165, 1.54) is 12.1 Å². The Bertz CT molecular complexity index is 610. The van der Waals surface area contributed by atoms with Gasteiger partial charge in [0.2, 0.25) is 0 Å². The molecule has 0 bridgehead atoms. The molecule has 0 saturated carbocycles. The van der Waals surface area contributed by atoms with Crippen molar-refractivity contribution in [3.05, 3.63) is 59.9 Å². The van der Waals surface area contributed by atoms with Crippen LogP contribution in [0.25, 0.3) is 0 Å². The molecule has 2 aromatic carbocycles. The molecular weight excluding hydrogens is 269 g/mol. The molecule has 0 aliphatic heterocycles. The summed E-state index contributed by atoms with van der Waals surface area (Å²) in [6.45, 7) is 3.83. The fraction of sp³-hybridized carbons (Fsp3) is 0.235. The van der Waals surface area contributed by atoms with Crippen molar-refractivity contribution in [2.75, 3.05) is 5.32 Å².